The molecule has 1 unspecified atom stereocenters. The summed E-state index contributed by atoms with van der Waals surface area (Å²) in [7, 11) is 0. The van der Waals surface area contributed by atoms with Crippen LogP contribution < -0.4 is 5.32 Å². The molecule has 0 saturated carbocycles. The fourth-order valence-electron chi connectivity index (χ4n) is 4.03. The van der Waals surface area contributed by atoms with Crippen molar-refractivity contribution in [1.29, 1.82) is 0 Å². The highest BCUT2D eigenvalue weighted by Gasteiger charge is 2.27. The minimum absolute atomic E-state index is 0.0137. The van der Waals surface area contributed by atoms with E-state index in [0.29, 0.717) is 0 Å². The molecule has 0 radical (unpaired) electrons. The minimum Gasteiger partial charge on any atom is -0.343 e. The van der Waals surface area contributed by atoms with Gasteiger partial charge in [-0.25, -0.2) is 4.39 Å². The summed E-state index contributed by atoms with van der Waals surface area (Å²) in [5, 5.41) is 5.07. The van der Waals surface area contributed by atoms with E-state index in [0.717, 1.165) is 41.9 Å². The molecule has 1 N–H and O–H groups in total. The number of benzene rings is 2. The van der Waals surface area contributed by atoms with Gasteiger partial charge in [0.15, 0.2) is 5.78 Å². The van der Waals surface area contributed by atoms with Crippen molar-refractivity contribution in [3.8, 4) is 0 Å². The third-order valence-electron chi connectivity index (χ3n) is 5.72. The molecule has 1 aliphatic heterocycles. The van der Waals surface area contributed by atoms with E-state index >= 15 is 0 Å². The molecule has 31 heavy (non-hydrogen) atoms. The largest absolute Gasteiger partial charge is 0.343 e. The Kier molecular flexibility index (Phi) is 6.89. The molecule has 1 fully saturated rings. The van der Waals surface area contributed by atoms with Crippen LogP contribution in [0.3, 0.4) is 0 Å². The number of thiophene rings is 1. The highest BCUT2D eigenvalue weighted by atomic mass is 32.1. The summed E-state index contributed by atoms with van der Waals surface area (Å²) in [5.41, 5.74) is 1.61. The smallest absolute Gasteiger partial charge is 0.234 e. The lowest BCUT2D eigenvalue weighted by Gasteiger charge is -2.31. The molecule has 1 atom stereocenters. The van der Waals surface area contributed by atoms with E-state index in [1.807, 2.05) is 47.8 Å². The van der Waals surface area contributed by atoms with Gasteiger partial charge in [-0.2, -0.15) is 0 Å². The van der Waals surface area contributed by atoms with Gasteiger partial charge in [0, 0.05) is 16.4 Å². The van der Waals surface area contributed by atoms with E-state index in [1.165, 1.54) is 12.1 Å². The van der Waals surface area contributed by atoms with Crippen LogP contribution in [-0.4, -0.2) is 36.2 Å². The maximum atomic E-state index is 13.3. The van der Waals surface area contributed by atoms with Crippen molar-refractivity contribution in [1.82, 2.24) is 10.2 Å². The Morgan fingerprint density at radius 1 is 1.00 bits per heavy atom. The molecule has 160 valence electrons. The molecule has 0 aliphatic carbocycles. The lowest BCUT2D eigenvalue weighted by atomic mass is 9.89. The zero-order valence-electron chi connectivity index (χ0n) is 17.2. The number of amides is 1. The lowest BCUT2D eigenvalue weighted by Crippen LogP contribution is -2.43. The Labute approximate surface area is 185 Å². The molecule has 4 nitrogen and oxygen atoms in total. The number of Topliss-reactive ketones (excluding diaryl/α,β-unsaturated/α-hetero) is 1. The van der Waals surface area contributed by atoms with Gasteiger partial charge in [0.25, 0.3) is 0 Å². The lowest BCUT2D eigenvalue weighted by molar-refractivity contribution is -0.123. The summed E-state index contributed by atoms with van der Waals surface area (Å²) in [6.07, 6.45) is 1.51. The van der Waals surface area contributed by atoms with Crippen molar-refractivity contribution in [2.45, 2.75) is 18.9 Å². The molecular formula is C25H25FN2O2S. The number of carbonyl (C=O) groups is 2. The number of ketones is 1. The fraction of sp³-hybridized carbons (Fsp3) is 0.280. The second-order valence-electron chi connectivity index (χ2n) is 7.85. The molecule has 1 saturated heterocycles. The maximum absolute atomic E-state index is 13.3. The van der Waals surface area contributed by atoms with Crippen LogP contribution in [0.1, 0.15) is 39.7 Å². The van der Waals surface area contributed by atoms with Crippen molar-refractivity contribution in [3.05, 3.63) is 93.9 Å². The Hall–Kier alpha value is -2.83. The average Bonchev–Trinajstić information content (AvgIpc) is 3.33. The highest BCUT2D eigenvalue weighted by Crippen LogP contribution is 2.27. The summed E-state index contributed by atoms with van der Waals surface area (Å²) in [6, 6.07) is 19.3. The monoisotopic (exact) mass is 436 g/mol. The number of rotatable bonds is 7. The van der Waals surface area contributed by atoms with Crippen LogP contribution in [0.25, 0.3) is 0 Å². The van der Waals surface area contributed by atoms with Gasteiger partial charge in [0.05, 0.1) is 12.6 Å². The zero-order valence-corrected chi connectivity index (χ0v) is 18.0. The van der Waals surface area contributed by atoms with Crippen LogP contribution >= 0.6 is 11.3 Å². The van der Waals surface area contributed by atoms with E-state index in [4.69, 9.17) is 0 Å². The van der Waals surface area contributed by atoms with Gasteiger partial charge in [-0.05, 0) is 55.1 Å². The van der Waals surface area contributed by atoms with Crippen LogP contribution in [0.2, 0.25) is 0 Å². The van der Waals surface area contributed by atoms with Crippen molar-refractivity contribution in [2.75, 3.05) is 19.6 Å². The van der Waals surface area contributed by atoms with E-state index in [2.05, 4.69) is 10.2 Å². The zero-order chi connectivity index (χ0) is 21.6. The molecular weight excluding hydrogens is 411 g/mol. The normalized spacial score (nSPS) is 16.0. The molecule has 0 bridgehead atoms. The summed E-state index contributed by atoms with van der Waals surface area (Å²) >= 11 is 1.56. The van der Waals surface area contributed by atoms with Gasteiger partial charge in [-0.1, -0.05) is 48.5 Å². The highest BCUT2D eigenvalue weighted by molar-refractivity contribution is 7.10. The number of carbonyl (C=O) groups excluding carboxylic acids is 2. The van der Waals surface area contributed by atoms with Crippen LogP contribution in [0.5, 0.6) is 0 Å². The predicted octanol–water partition coefficient (Wildman–Crippen LogP) is 4.69. The quantitative estimate of drug-likeness (QED) is 0.547. The second kappa shape index (κ2) is 9.98. The van der Waals surface area contributed by atoms with Crippen LogP contribution in [-0.2, 0) is 4.79 Å². The number of nitrogens with zero attached hydrogens (tertiary/aromatic N) is 1. The van der Waals surface area contributed by atoms with E-state index in [-0.39, 0.29) is 36.0 Å². The molecule has 1 aromatic heterocycles. The standard InChI is InChI=1S/C25H25FN2O2S/c26-21-10-8-18(9-11-21)24(22-7-4-16-31-22)27-23(29)17-28-14-12-20(13-15-28)25(30)19-5-2-1-3-6-19/h1-11,16,20,24H,12-15,17H2,(H,27,29). The number of hydrogen-bond donors (Lipinski definition) is 1. The molecule has 1 aliphatic rings. The summed E-state index contributed by atoms with van der Waals surface area (Å²) in [6.45, 7) is 1.73. The summed E-state index contributed by atoms with van der Waals surface area (Å²) < 4.78 is 13.3. The van der Waals surface area contributed by atoms with Crippen molar-refractivity contribution >= 4 is 23.0 Å². The van der Waals surface area contributed by atoms with Gasteiger partial charge in [-0.3, -0.25) is 14.5 Å². The van der Waals surface area contributed by atoms with Gasteiger partial charge >= 0.3 is 0 Å². The molecule has 4 rings (SSSR count). The van der Waals surface area contributed by atoms with E-state index in [9.17, 15) is 14.0 Å². The number of nitrogens with one attached hydrogen (secondary N) is 1. The topological polar surface area (TPSA) is 49.4 Å². The first kappa shape index (κ1) is 21.4. The number of hydrogen-bond acceptors (Lipinski definition) is 4. The average molecular weight is 437 g/mol. The minimum atomic E-state index is -0.301. The number of halogens is 1. The first-order valence-corrected chi connectivity index (χ1v) is 11.4. The third kappa shape index (κ3) is 5.46. The Morgan fingerprint density at radius 3 is 2.35 bits per heavy atom. The van der Waals surface area contributed by atoms with Gasteiger partial charge in [-0.15, -0.1) is 11.3 Å². The predicted molar refractivity (Wildman–Crippen MR) is 121 cm³/mol. The molecule has 2 heterocycles. The van der Waals surface area contributed by atoms with Crippen LogP contribution in [0.15, 0.2) is 72.1 Å². The van der Waals surface area contributed by atoms with E-state index in [1.54, 1.807) is 23.5 Å². The van der Waals surface area contributed by atoms with Gasteiger partial charge in [0.1, 0.15) is 5.82 Å². The molecule has 1 amide bonds. The Morgan fingerprint density at radius 2 is 1.71 bits per heavy atom. The van der Waals surface area contributed by atoms with Gasteiger partial charge < -0.3 is 5.32 Å². The Bertz CT molecular complexity index is 998. The maximum Gasteiger partial charge on any atom is 0.234 e. The van der Waals surface area contributed by atoms with E-state index < -0.39 is 0 Å². The Balaban J connectivity index is 1.34. The first-order chi connectivity index (χ1) is 15.1. The number of likely N-dealkylation sites (tertiary alicyclic amines) is 1. The molecule has 3 aromatic rings. The SMILES string of the molecule is O=C(CN1CCC(C(=O)c2ccccc2)CC1)NC(c1ccc(F)cc1)c1cccs1. The first-order valence-electron chi connectivity index (χ1n) is 10.5. The van der Waals surface area contributed by atoms with Crippen LogP contribution in [0.4, 0.5) is 4.39 Å². The van der Waals surface area contributed by atoms with Crippen molar-refractivity contribution in [2.24, 2.45) is 5.92 Å². The second-order valence-corrected chi connectivity index (χ2v) is 8.83. The van der Waals surface area contributed by atoms with Crippen LogP contribution in [0, 0.1) is 11.7 Å². The number of piperidine rings is 1. The molecule has 0 spiro atoms. The summed E-state index contributed by atoms with van der Waals surface area (Å²) in [5.74, 6) is -0.165. The summed E-state index contributed by atoms with van der Waals surface area (Å²) in [4.78, 5) is 28.6. The third-order valence-corrected chi connectivity index (χ3v) is 6.66. The molecule has 6 heteroatoms. The fourth-order valence-corrected chi connectivity index (χ4v) is 4.83. The molecule has 2 aromatic carbocycles. The van der Waals surface area contributed by atoms with Crippen molar-refractivity contribution in [3.63, 3.8) is 0 Å². The van der Waals surface area contributed by atoms with Gasteiger partial charge in [0.2, 0.25) is 5.91 Å². The van der Waals surface area contributed by atoms with Crippen molar-refractivity contribution < 1.29 is 14.0 Å².